The maximum absolute atomic E-state index is 13.8. The lowest BCUT2D eigenvalue weighted by Gasteiger charge is -2.28. The van der Waals surface area contributed by atoms with Gasteiger partial charge in [-0.05, 0) is 55.4 Å². The molecule has 51 heavy (non-hydrogen) atoms. The number of fused-ring (bicyclic) bond motifs is 5. The van der Waals surface area contributed by atoms with Gasteiger partial charge in [0, 0.05) is 41.8 Å². The molecular formula is C34H36Br2N8O7. The molecule has 0 bridgehead atoms. The van der Waals surface area contributed by atoms with Crippen LogP contribution in [0.15, 0.2) is 62.6 Å². The summed E-state index contributed by atoms with van der Waals surface area (Å²) in [5, 5.41) is 12.5. The Labute approximate surface area is 310 Å². The molecular weight excluding hydrogens is 792 g/mol. The van der Waals surface area contributed by atoms with E-state index in [1.807, 2.05) is 53.2 Å². The van der Waals surface area contributed by atoms with Crippen LogP contribution in [-0.2, 0) is 46.5 Å². The van der Waals surface area contributed by atoms with Crippen molar-refractivity contribution in [2.45, 2.75) is 38.8 Å². The van der Waals surface area contributed by atoms with Crippen molar-refractivity contribution in [2.75, 3.05) is 57.6 Å². The minimum atomic E-state index is -0.435. The standard InChI is InChI=1S/C34H36Br2N8O7/c35-29-30(36)34(48)42(33(29)47)14-18-49-16-12-24(45)7-5-11-28(46)43-22-23-6-1-2-8-25(23)32-31(26-9-3-4-10-27(26)43)39-41-44(32)15-19-51-21-20-50-17-13-38-40-37/h1-4,6,8-10H,5,7,11-22H2. The summed E-state index contributed by atoms with van der Waals surface area (Å²) in [5.74, 6) is -1.02. The maximum atomic E-state index is 13.8. The maximum Gasteiger partial charge on any atom is 0.269 e. The van der Waals surface area contributed by atoms with E-state index in [1.165, 1.54) is 0 Å². The van der Waals surface area contributed by atoms with Crippen LogP contribution in [0.2, 0.25) is 0 Å². The molecule has 2 aliphatic rings. The van der Waals surface area contributed by atoms with Crippen molar-refractivity contribution in [1.82, 2.24) is 19.9 Å². The second-order valence-corrected chi connectivity index (χ2v) is 13.1. The van der Waals surface area contributed by atoms with Gasteiger partial charge in [-0.2, -0.15) is 0 Å². The van der Waals surface area contributed by atoms with E-state index < -0.39 is 11.8 Å². The highest BCUT2D eigenvalue weighted by molar-refractivity contribution is 9.14. The number of carbonyl (C=O) groups is 4. The molecule has 2 aromatic carbocycles. The molecule has 0 radical (unpaired) electrons. The van der Waals surface area contributed by atoms with Gasteiger partial charge in [-0.1, -0.05) is 52.8 Å². The molecule has 0 N–H and O–H groups in total. The molecule has 1 aromatic heterocycles. The Hall–Kier alpha value is -4.25. The quantitative estimate of drug-likeness (QED) is 0.0508. The van der Waals surface area contributed by atoms with Crippen molar-refractivity contribution >= 4 is 61.1 Å². The lowest BCUT2D eigenvalue weighted by molar-refractivity contribution is -0.138. The third-order valence-corrected chi connectivity index (χ3v) is 10.2. The third kappa shape index (κ3) is 9.55. The number of carbonyl (C=O) groups excluding carboxylic acids is 4. The fourth-order valence-corrected chi connectivity index (χ4v) is 6.45. The molecule has 0 saturated carbocycles. The van der Waals surface area contributed by atoms with Gasteiger partial charge in [-0.3, -0.25) is 24.1 Å². The van der Waals surface area contributed by atoms with Crippen LogP contribution in [-0.4, -0.2) is 96.1 Å². The van der Waals surface area contributed by atoms with E-state index in [4.69, 9.17) is 19.7 Å². The zero-order valence-electron chi connectivity index (χ0n) is 27.7. The van der Waals surface area contributed by atoms with Crippen molar-refractivity contribution in [2.24, 2.45) is 5.11 Å². The lowest BCUT2D eigenvalue weighted by Crippen LogP contribution is -2.34. The first-order valence-corrected chi connectivity index (χ1v) is 18.0. The van der Waals surface area contributed by atoms with Gasteiger partial charge >= 0.3 is 0 Å². The predicted molar refractivity (Wildman–Crippen MR) is 194 cm³/mol. The number of ketones is 1. The van der Waals surface area contributed by atoms with Gasteiger partial charge in [0.05, 0.1) is 70.7 Å². The molecule has 0 unspecified atom stereocenters. The van der Waals surface area contributed by atoms with Gasteiger partial charge in [0.15, 0.2) is 0 Å². The monoisotopic (exact) mass is 826 g/mol. The van der Waals surface area contributed by atoms with Gasteiger partial charge in [-0.25, -0.2) is 4.68 Å². The van der Waals surface area contributed by atoms with E-state index in [1.54, 1.807) is 4.90 Å². The Balaban J connectivity index is 1.16. The molecule has 0 spiro atoms. The summed E-state index contributed by atoms with van der Waals surface area (Å²) in [5.41, 5.74) is 13.2. The largest absolute Gasteiger partial charge is 0.379 e. The zero-order chi connectivity index (χ0) is 36.2. The Morgan fingerprint density at radius 2 is 1.49 bits per heavy atom. The van der Waals surface area contributed by atoms with E-state index in [2.05, 4.69) is 52.2 Å². The number of ether oxygens (including phenoxy) is 3. The molecule has 3 heterocycles. The molecule has 5 rings (SSSR count). The Kier molecular flexibility index (Phi) is 14.0. The number of benzene rings is 2. The second kappa shape index (κ2) is 18.8. The number of halogens is 2. The summed E-state index contributed by atoms with van der Waals surface area (Å²) in [4.78, 5) is 56.1. The van der Waals surface area contributed by atoms with Crippen molar-refractivity contribution in [3.63, 3.8) is 0 Å². The van der Waals surface area contributed by atoms with Gasteiger partial charge in [-0.15, -0.1) is 5.10 Å². The summed E-state index contributed by atoms with van der Waals surface area (Å²) in [6.45, 7) is 2.86. The number of para-hydroxylation sites is 1. The molecule has 3 amide bonds. The SMILES string of the molecule is [N-]=[N+]=NCCOCCOCCn1nnc2c1-c1ccccc1CN(C(=O)CCCC(=O)CCOCCN1C(=O)C(Br)=C(Br)C1=O)c1ccccc1-2. The summed E-state index contributed by atoms with van der Waals surface area (Å²) < 4.78 is 18.8. The topological polar surface area (TPSA) is 182 Å². The Bertz CT molecular complexity index is 1820. The molecule has 17 heteroatoms. The summed E-state index contributed by atoms with van der Waals surface area (Å²) in [6, 6.07) is 15.5. The highest BCUT2D eigenvalue weighted by atomic mass is 79.9. The molecule has 0 aliphatic carbocycles. The molecule has 0 atom stereocenters. The minimum absolute atomic E-state index is 0.0372. The van der Waals surface area contributed by atoms with E-state index in [9.17, 15) is 19.2 Å². The summed E-state index contributed by atoms with van der Waals surface area (Å²) in [6.07, 6.45) is 0.933. The first-order chi connectivity index (χ1) is 24.8. The number of hydrogen-bond donors (Lipinski definition) is 0. The second-order valence-electron chi connectivity index (χ2n) is 11.5. The highest BCUT2D eigenvalue weighted by Crippen LogP contribution is 2.41. The van der Waals surface area contributed by atoms with Crippen molar-refractivity contribution in [3.8, 4) is 22.5 Å². The van der Waals surface area contributed by atoms with Crippen LogP contribution >= 0.6 is 31.9 Å². The van der Waals surface area contributed by atoms with Crippen molar-refractivity contribution in [1.29, 1.82) is 0 Å². The van der Waals surface area contributed by atoms with E-state index in [0.29, 0.717) is 57.3 Å². The fraction of sp³-hybridized carbons (Fsp3) is 0.412. The number of Topliss-reactive ketones (excluding diaryl/α,β-unsaturated/α-hetero) is 1. The van der Waals surface area contributed by atoms with E-state index >= 15 is 0 Å². The number of anilines is 1. The van der Waals surface area contributed by atoms with Crippen LogP contribution in [0, 0.1) is 0 Å². The Morgan fingerprint density at radius 1 is 0.824 bits per heavy atom. The lowest BCUT2D eigenvalue weighted by atomic mass is 9.95. The summed E-state index contributed by atoms with van der Waals surface area (Å²) in [7, 11) is 0. The van der Waals surface area contributed by atoms with Gasteiger partial charge in [0.2, 0.25) is 5.91 Å². The minimum Gasteiger partial charge on any atom is -0.379 e. The number of imide groups is 1. The number of amides is 3. The zero-order valence-corrected chi connectivity index (χ0v) is 30.9. The first-order valence-electron chi connectivity index (χ1n) is 16.4. The fourth-order valence-electron chi connectivity index (χ4n) is 5.68. The highest BCUT2D eigenvalue weighted by Gasteiger charge is 2.35. The average molecular weight is 829 g/mol. The molecule has 3 aromatic rings. The van der Waals surface area contributed by atoms with Gasteiger partial charge in [0.25, 0.3) is 11.8 Å². The molecule has 2 aliphatic heterocycles. The average Bonchev–Trinajstić information content (AvgIpc) is 3.62. The number of hydrogen-bond acceptors (Lipinski definition) is 10. The molecule has 0 fully saturated rings. The van der Waals surface area contributed by atoms with Crippen LogP contribution in [0.1, 0.15) is 31.2 Å². The molecule has 268 valence electrons. The van der Waals surface area contributed by atoms with Crippen LogP contribution in [0.3, 0.4) is 0 Å². The van der Waals surface area contributed by atoms with Crippen LogP contribution in [0.4, 0.5) is 5.69 Å². The van der Waals surface area contributed by atoms with E-state index in [0.717, 1.165) is 27.3 Å². The number of aromatic nitrogens is 3. The normalized spacial score (nSPS) is 13.8. The Morgan fingerprint density at radius 3 is 2.25 bits per heavy atom. The number of nitrogens with zero attached hydrogens (tertiary/aromatic N) is 8. The van der Waals surface area contributed by atoms with E-state index in [-0.39, 0.29) is 66.2 Å². The smallest absolute Gasteiger partial charge is 0.269 e. The third-order valence-electron chi connectivity index (χ3n) is 8.19. The van der Waals surface area contributed by atoms with Crippen LogP contribution in [0.25, 0.3) is 33.0 Å². The number of azide groups is 1. The van der Waals surface area contributed by atoms with Crippen LogP contribution < -0.4 is 4.90 Å². The van der Waals surface area contributed by atoms with Gasteiger partial charge < -0.3 is 19.1 Å². The van der Waals surface area contributed by atoms with Crippen molar-refractivity contribution in [3.05, 3.63) is 73.5 Å². The number of rotatable bonds is 19. The summed E-state index contributed by atoms with van der Waals surface area (Å²) >= 11 is 6.18. The first kappa shape index (κ1) is 38.0. The molecule has 15 nitrogen and oxygen atoms in total. The van der Waals surface area contributed by atoms with Crippen molar-refractivity contribution < 1.29 is 33.4 Å². The molecule has 0 saturated heterocycles. The van der Waals surface area contributed by atoms with Gasteiger partial charge in [0.1, 0.15) is 20.4 Å². The van der Waals surface area contributed by atoms with Crippen LogP contribution in [0.5, 0.6) is 0 Å². The predicted octanol–water partition coefficient (Wildman–Crippen LogP) is 5.32.